The number of rotatable bonds is 4. The molecule has 0 fully saturated rings. The number of amides is 1. The minimum absolute atomic E-state index is 0. The highest BCUT2D eigenvalue weighted by atomic mass is 35.5. The first-order valence-electron chi connectivity index (χ1n) is 5.70. The van der Waals surface area contributed by atoms with E-state index in [0.717, 1.165) is 12.1 Å². The quantitative estimate of drug-likeness (QED) is 0.870. The fraction of sp³-hybridized carbons (Fsp3) is 0.462. The highest BCUT2D eigenvalue weighted by molar-refractivity contribution is 5.94. The molecule has 4 heteroatoms. The summed E-state index contributed by atoms with van der Waals surface area (Å²) in [6.07, 6.45) is 1.000. The van der Waals surface area contributed by atoms with Crippen LogP contribution in [-0.4, -0.2) is 11.9 Å². The Bertz CT molecular complexity index is 349. The molecule has 3 N–H and O–H groups in total. The summed E-state index contributed by atoms with van der Waals surface area (Å²) in [4.78, 5) is 11.7. The molecule has 1 amide bonds. The number of anilines is 1. The maximum Gasteiger partial charge on any atom is 0.241 e. The molecule has 0 saturated carbocycles. The third-order valence-corrected chi connectivity index (χ3v) is 2.65. The molecule has 0 aromatic heterocycles. The van der Waals surface area contributed by atoms with Crippen LogP contribution in [0.15, 0.2) is 24.3 Å². The topological polar surface area (TPSA) is 55.1 Å². The molecule has 1 atom stereocenters. The molecule has 17 heavy (non-hydrogen) atoms. The third-order valence-electron chi connectivity index (χ3n) is 2.65. The Morgan fingerprint density at radius 1 is 1.29 bits per heavy atom. The monoisotopic (exact) mass is 256 g/mol. The van der Waals surface area contributed by atoms with E-state index in [4.69, 9.17) is 5.73 Å². The van der Waals surface area contributed by atoms with Crippen LogP contribution in [0.5, 0.6) is 0 Å². The first-order valence-corrected chi connectivity index (χ1v) is 5.70. The van der Waals surface area contributed by atoms with E-state index in [1.807, 2.05) is 38.1 Å². The molecule has 1 rings (SSSR count). The Morgan fingerprint density at radius 2 is 1.82 bits per heavy atom. The van der Waals surface area contributed by atoms with Crippen molar-refractivity contribution in [1.29, 1.82) is 0 Å². The smallest absolute Gasteiger partial charge is 0.241 e. The van der Waals surface area contributed by atoms with Crippen molar-refractivity contribution in [2.45, 2.75) is 33.2 Å². The summed E-state index contributed by atoms with van der Waals surface area (Å²) in [5, 5.41) is 2.81. The minimum Gasteiger partial charge on any atom is -0.325 e. The second-order valence-electron chi connectivity index (χ2n) is 4.31. The second-order valence-corrected chi connectivity index (χ2v) is 4.31. The van der Waals surface area contributed by atoms with E-state index >= 15 is 0 Å². The van der Waals surface area contributed by atoms with Crippen molar-refractivity contribution in [3.63, 3.8) is 0 Å². The zero-order valence-corrected chi connectivity index (χ0v) is 11.4. The minimum atomic E-state index is -0.453. The Balaban J connectivity index is 0.00000256. The zero-order valence-electron chi connectivity index (χ0n) is 10.6. The normalized spacial score (nSPS) is 11.8. The van der Waals surface area contributed by atoms with E-state index in [9.17, 15) is 4.79 Å². The summed E-state index contributed by atoms with van der Waals surface area (Å²) in [5.41, 5.74) is 7.81. The molecule has 0 bridgehead atoms. The van der Waals surface area contributed by atoms with Crippen molar-refractivity contribution in [2.75, 3.05) is 5.32 Å². The van der Waals surface area contributed by atoms with Gasteiger partial charge in [-0.3, -0.25) is 4.79 Å². The van der Waals surface area contributed by atoms with Gasteiger partial charge in [-0.05, 0) is 30.0 Å². The fourth-order valence-electron chi connectivity index (χ4n) is 1.35. The number of nitrogens with one attached hydrogen (secondary N) is 1. The van der Waals surface area contributed by atoms with E-state index in [1.165, 1.54) is 5.56 Å². The van der Waals surface area contributed by atoms with E-state index < -0.39 is 6.04 Å². The predicted octanol–water partition coefficient (Wildman–Crippen LogP) is 2.59. The van der Waals surface area contributed by atoms with Crippen molar-refractivity contribution in [3.05, 3.63) is 29.8 Å². The molecule has 0 aliphatic heterocycles. The number of halogens is 1. The van der Waals surface area contributed by atoms with E-state index in [2.05, 4.69) is 12.2 Å². The van der Waals surface area contributed by atoms with Crippen LogP contribution in [0.3, 0.4) is 0 Å². The second kappa shape index (κ2) is 7.30. The fourth-order valence-corrected chi connectivity index (χ4v) is 1.35. The van der Waals surface area contributed by atoms with Crippen molar-refractivity contribution < 1.29 is 4.79 Å². The number of hydrogen-bond acceptors (Lipinski definition) is 2. The zero-order chi connectivity index (χ0) is 12.1. The van der Waals surface area contributed by atoms with Crippen molar-refractivity contribution >= 4 is 24.0 Å². The molecule has 1 aromatic carbocycles. The number of benzene rings is 1. The Labute approximate surface area is 109 Å². The van der Waals surface area contributed by atoms with Crippen LogP contribution in [0.2, 0.25) is 0 Å². The van der Waals surface area contributed by atoms with Gasteiger partial charge in [-0.15, -0.1) is 12.4 Å². The van der Waals surface area contributed by atoms with Gasteiger partial charge in [0, 0.05) is 5.69 Å². The van der Waals surface area contributed by atoms with Gasteiger partial charge < -0.3 is 11.1 Å². The van der Waals surface area contributed by atoms with Crippen LogP contribution in [-0.2, 0) is 11.2 Å². The molecule has 0 saturated heterocycles. The van der Waals surface area contributed by atoms with Crippen LogP contribution < -0.4 is 11.1 Å². The summed E-state index contributed by atoms with van der Waals surface area (Å²) in [6, 6.07) is 7.38. The van der Waals surface area contributed by atoms with Gasteiger partial charge in [0.1, 0.15) is 0 Å². The van der Waals surface area contributed by atoms with Gasteiger partial charge in [0.15, 0.2) is 0 Å². The van der Waals surface area contributed by atoms with Crippen LogP contribution >= 0.6 is 12.4 Å². The maximum atomic E-state index is 11.7. The third kappa shape index (κ3) is 4.75. The molecule has 96 valence electrons. The van der Waals surface area contributed by atoms with Crippen LogP contribution in [0.25, 0.3) is 0 Å². The largest absolute Gasteiger partial charge is 0.325 e. The van der Waals surface area contributed by atoms with Crippen LogP contribution in [0.1, 0.15) is 26.3 Å². The standard InChI is InChI=1S/C13H20N2O.ClH/c1-4-10-5-7-11(8-6-10)15-13(16)12(14)9(2)3;/h5-9,12H,4,14H2,1-3H3,(H,15,16);1H. The van der Waals surface area contributed by atoms with E-state index in [0.29, 0.717) is 0 Å². The van der Waals surface area contributed by atoms with Crippen LogP contribution in [0.4, 0.5) is 5.69 Å². The molecule has 0 heterocycles. The molecular weight excluding hydrogens is 236 g/mol. The summed E-state index contributed by atoms with van der Waals surface area (Å²) < 4.78 is 0. The lowest BCUT2D eigenvalue weighted by Gasteiger charge is -2.15. The molecule has 0 spiro atoms. The number of aryl methyl sites for hydroxylation is 1. The number of carbonyl (C=O) groups is 1. The van der Waals surface area contributed by atoms with Gasteiger partial charge >= 0.3 is 0 Å². The molecule has 0 aliphatic carbocycles. The number of carbonyl (C=O) groups excluding carboxylic acids is 1. The molecular formula is C13H21ClN2O. The SMILES string of the molecule is CCc1ccc(NC(=O)C(N)C(C)C)cc1.Cl. The van der Waals surface area contributed by atoms with Crippen LogP contribution in [0, 0.1) is 5.92 Å². The average Bonchev–Trinajstić information content (AvgIpc) is 2.28. The van der Waals surface area contributed by atoms with Crippen molar-refractivity contribution in [1.82, 2.24) is 0 Å². The molecule has 1 unspecified atom stereocenters. The highest BCUT2D eigenvalue weighted by Gasteiger charge is 2.16. The first-order chi connectivity index (χ1) is 7.54. The van der Waals surface area contributed by atoms with Gasteiger partial charge in [-0.25, -0.2) is 0 Å². The van der Waals surface area contributed by atoms with Gasteiger partial charge in [-0.2, -0.15) is 0 Å². The predicted molar refractivity (Wildman–Crippen MR) is 74.5 cm³/mol. The van der Waals surface area contributed by atoms with Crippen molar-refractivity contribution in [2.24, 2.45) is 11.7 Å². The lowest BCUT2D eigenvalue weighted by Crippen LogP contribution is -2.39. The molecule has 0 radical (unpaired) electrons. The summed E-state index contributed by atoms with van der Waals surface area (Å²) in [6.45, 7) is 5.97. The Kier molecular flexibility index (Phi) is 6.85. The molecule has 3 nitrogen and oxygen atoms in total. The van der Waals surface area contributed by atoms with Gasteiger partial charge in [0.25, 0.3) is 0 Å². The Morgan fingerprint density at radius 3 is 2.24 bits per heavy atom. The number of nitrogens with two attached hydrogens (primary N) is 1. The molecule has 0 aliphatic rings. The van der Waals surface area contributed by atoms with Gasteiger partial charge in [-0.1, -0.05) is 32.9 Å². The van der Waals surface area contributed by atoms with Gasteiger partial charge in [0.05, 0.1) is 6.04 Å². The lowest BCUT2D eigenvalue weighted by atomic mass is 10.0. The van der Waals surface area contributed by atoms with E-state index in [-0.39, 0.29) is 24.2 Å². The maximum absolute atomic E-state index is 11.7. The molecule has 1 aromatic rings. The van der Waals surface area contributed by atoms with Crippen molar-refractivity contribution in [3.8, 4) is 0 Å². The summed E-state index contributed by atoms with van der Waals surface area (Å²) >= 11 is 0. The number of hydrogen-bond donors (Lipinski definition) is 2. The lowest BCUT2D eigenvalue weighted by molar-refractivity contribution is -0.118. The Hall–Kier alpha value is -1.06. The van der Waals surface area contributed by atoms with E-state index in [1.54, 1.807) is 0 Å². The summed E-state index contributed by atoms with van der Waals surface area (Å²) in [5.74, 6) is 0.0224. The average molecular weight is 257 g/mol. The highest BCUT2D eigenvalue weighted by Crippen LogP contribution is 2.11. The van der Waals surface area contributed by atoms with Gasteiger partial charge in [0.2, 0.25) is 5.91 Å². The first kappa shape index (κ1) is 15.9. The summed E-state index contributed by atoms with van der Waals surface area (Å²) in [7, 11) is 0.